The van der Waals surface area contributed by atoms with E-state index in [1.165, 1.54) is 28.6 Å². The third-order valence-corrected chi connectivity index (χ3v) is 7.62. The number of nitrogens with zero attached hydrogens (tertiary/aromatic N) is 2. The number of sulfonamides is 1. The summed E-state index contributed by atoms with van der Waals surface area (Å²) in [6, 6.07) is 7.23. The molecule has 2 rings (SSSR count). The molecule has 0 aliphatic carbocycles. The lowest BCUT2D eigenvalue weighted by molar-refractivity contribution is 0.335. The number of unbranched alkanes of at least 4 members (excludes halogenated alkanes) is 1. The van der Waals surface area contributed by atoms with E-state index in [0.29, 0.717) is 12.8 Å². The van der Waals surface area contributed by atoms with Gasteiger partial charge in [-0.2, -0.15) is 9.57 Å². The molecular weight excluding hydrogens is 336 g/mol. The second-order valence-electron chi connectivity index (χ2n) is 5.67. The Kier molecular flexibility index (Phi) is 5.45. The summed E-state index contributed by atoms with van der Waals surface area (Å²) >= 11 is 0. The highest BCUT2D eigenvalue weighted by Crippen LogP contribution is 2.26. The van der Waals surface area contributed by atoms with Crippen molar-refractivity contribution in [3.05, 3.63) is 29.8 Å². The second kappa shape index (κ2) is 6.99. The minimum Gasteiger partial charge on any atom is -0.229 e. The Bertz CT molecular complexity index is 810. The molecule has 1 fully saturated rings. The highest BCUT2D eigenvalue weighted by Gasteiger charge is 2.38. The molecule has 0 radical (unpaired) electrons. The molecule has 0 saturated carbocycles. The zero-order chi connectivity index (χ0) is 17.1. The van der Waals surface area contributed by atoms with Crippen LogP contribution in [0.4, 0.5) is 0 Å². The molecule has 0 unspecified atom stereocenters. The van der Waals surface area contributed by atoms with Gasteiger partial charge in [0, 0.05) is 12.6 Å². The van der Waals surface area contributed by atoms with Crippen LogP contribution in [0, 0.1) is 11.3 Å². The van der Waals surface area contributed by atoms with E-state index in [-0.39, 0.29) is 28.5 Å². The first-order valence-electron chi connectivity index (χ1n) is 7.52. The fourth-order valence-corrected chi connectivity index (χ4v) is 6.24. The van der Waals surface area contributed by atoms with Crippen LogP contribution in [0.25, 0.3) is 0 Å². The monoisotopic (exact) mass is 356 g/mol. The fraction of sp³-hybridized carbons (Fsp3) is 0.533. The maximum atomic E-state index is 12.9. The summed E-state index contributed by atoms with van der Waals surface area (Å²) in [5.74, 6) is -0.109. The molecule has 0 spiro atoms. The summed E-state index contributed by atoms with van der Waals surface area (Å²) in [4.78, 5) is 0.0388. The quantitative estimate of drug-likeness (QED) is 0.770. The van der Waals surface area contributed by atoms with Gasteiger partial charge in [0.1, 0.15) is 0 Å². The third-order valence-electron chi connectivity index (χ3n) is 3.92. The van der Waals surface area contributed by atoms with Crippen molar-refractivity contribution in [3.63, 3.8) is 0 Å². The lowest BCUT2D eigenvalue weighted by atomic mass is 10.2. The van der Waals surface area contributed by atoms with Gasteiger partial charge in [-0.3, -0.25) is 0 Å². The number of hydrogen-bond donors (Lipinski definition) is 0. The van der Waals surface area contributed by atoms with Crippen molar-refractivity contribution in [3.8, 4) is 6.07 Å². The minimum absolute atomic E-state index is 0.0219. The summed E-state index contributed by atoms with van der Waals surface area (Å²) in [6.07, 6.45) is 1.79. The number of sulfone groups is 1. The maximum absolute atomic E-state index is 12.9. The maximum Gasteiger partial charge on any atom is 0.243 e. The summed E-state index contributed by atoms with van der Waals surface area (Å²) in [7, 11) is -7.00. The van der Waals surface area contributed by atoms with Crippen LogP contribution >= 0.6 is 0 Å². The average molecular weight is 356 g/mol. The van der Waals surface area contributed by atoms with E-state index in [1.807, 2.05) is 13.0 Å². The molecule has 0 N–H and O–H groups in total. The molecule has 0 bridgehead atoms. The summed E-state index contributed by atoms with van der Waals surface area (Å²) in [6.45, 7) is 2.24. The Morgan fingerprint density at radius 1 is 1.39 bits per heavy atom. The largest absolute Gasteiger partial charge is 0.243 e. The van der Waals surface area contributed by atoms with Crippen LogP contribution in [0.5, 0.6) is 0 Å². The Hall–Kier alpha value is -1.43. The van der Waals surface area contributed by atoms with Gasteiger partial charge < -0.3 is 0 Å². The highest BCUT2D eigenvalue weighted by atomic mass is 32.2. The van der Waals surface area contributed by atoms with Gasteiger partial charge in [-0.25, -0.2) is 16.8 Å². The molecule has 1 saturated heterocycles. The first kappa shape index (κ1) is 17.9. The fourth-order valence-electron chi connectivity index (χ4n) is 2.68. The van der Waals surface area contributed by atoms with Crippen molar-refractivity contribution in [2.45, 2.75) is 37.1 Å². The molecule has 1 heterocycles. The Labute approximate surface area is 137 Å². The molecule has 1 aliphatic heterocycles. The summed E-state index contributed by atoms with van der Waals surface area (Å²) in [5.41, 5.74) is 0.264. The van der Waals surface area contributed by atoms with E-state index >= 15 is 0 Å². The number of benzene rings is 1. The van der Waals surface area contributed by atoms with Crippen molar-refractivity contribution < 1.29 is 16.8 Å². The molecule has 1 atom stereocenters. The van der Waals surface area contributed by atoms with Gasteiger partial charge in [-0.15, -0.1) is 0 Å². The standard InChI is InChI=1S/C15H20N2O4S2/c1-2-3-8-17(14-7-9-22(18,19)12-14)23(20,21)15-6-4-5-13(10-15)11-16/h4-6,10,14H,2-3,7-9,12H2,1H3/t14-/m0/s1. The molecule has 1 aliphatic rings. The third kappa shape index (κ3) is 4.10. The highest BCUT2D eigenvalue weighted by molar-refractivity contribution is 7.92. The number of rotatable bonds is 6. The normalized spacial score (nSPS) is 20.5. The van der Waals surface area contributed by atoms with Gasteiger partial charge in [0.25, 0.3) is 0 Å². The van der Waals surface area contributed by atoms with Gasteiger partial charge in [-0.1, -0.05) is 19.4 Å². The number of nitriles is 1. The molecule has 1 aromatic rings. The molecule has 8 heteroatoms. The van der Waals surface area contributed by atoms with Gasteiger partial charge >= 0.3 is 0 Å². The van der Waals surface area contributed by atoms with Crippen molar-refractivity contribution >= 4 is 19.9 Å². The smallest absolute Gasteiger partial charge is 0.229 e. The molecule has 23 heavy (non-hydrogen) atoms. The van der Waals surface area contributed by atoms with Crippen LogP contribution in [0.1, 0.15) is 31.7 Å². The van der Waals surface area contributed by atoms with Crippen molar-refractivity contribution in [2.24, 2.45) is 0 Å². The topological polar surface area (TPSA) is 95.3 Å². The van der Waals surface area contributed by atoms with Gasteiger partial charge in [0.05, 0.1) is 28.0 Å². The average Bonchev–Trinajstić information content (AvgIpc) is 2.87. The number of hydrogen-bond acceptors (Lipinski definition) is 5. The molecule has 0 aromatic heterocycles. The lowest BCUT2D eigenvalue weighted by Gasteiger charge is -2.27. The summed E-state index contributed by atoms with van der Waals surface area (Å²) < 4.78 is 50.6. The molecule has 0 amide bonds. The first-order chi connectivity index (χ1) is 10.8. The van der Waals surface area contributed by atoms with Crippen LogP contribution in [-0.2, 0) is 19.9 Å². The van der Waals surface area contributed by atoms with E-state index in [0.717, 1.165) is 6.42 Å². The van der Waals surface area contributed by atoms with E-state index in [1.54, 1.807) is 0 Å². The van der Waals surface area contributed by atoms with Gasteiger partial charge in [-0.05, 0) is 31.0 Å². The SMILES string of the molecule is CCCCN([C@H]1CCS(=O)(=O)C1)S(=O)(=O)c1cccc(C#N)c1. The molecule has 6 nitrogen and oxygen atoms in total. The van der Waals surface area contributed by atoms with Crippen molar-refractivity contribution in [1.82, 2.24) is 4.31 Å². The first-order valence-corrected chi connectivity index (χ1v) is 10.8. The molecular formula is C15H20N2O4S2. The van der Waals surface area contributed by atoms with E-state index < -0.39 is 25.9 Å². The van der Waals surface area contributed by atoms with Crippen molar-refractivity contribution in [2.75, 3.05) is 18.1 Å². The summed E-state index contributed by atoms with van der Waals surface area (Å²) in [5, 5.41) is 8.95. The van der Waals surface area contributed by atoms with Crippen LogP contribution in [0.2, 0.25) is 0 Å². The Balaban J connectivity index is 2.39. The van der Waals surface area contributed by atoms with Gasteiger partial charge in [0.15, 0.2) is 9.84 Å². The second-order valence-corrected chi connectivity index (χ2v) is 9.79. The predicted octanol–water partition coefficient (Wildman–Crippen LogP) is 1.54. The van der Waals surface area contributed by atoms with Crippen LogP contribution in [0.15, 0.2) is 29.2 Å². The Morgan fingerprint density at radius 2 is 2.13 bits per heavy atom. The Morgan fingerprint density at radius 3 is 2.70 bits per heavy atom. The van der Waals surface area contributed by atoms with Crippen molar-refractivity contribution in [1.29, 1.82) is 5.26 Å². The lowest BCUT2D eigenvalue weighted by Crippen LogP contribution is -2.41. The van der Waals surface area contributed by atoms with Crippen LogP contribution in [0.3, 0.4) is 0 Å². The van der Waals surface area contributed by atoms with Gasteiger partial charge in [0.2, 0.25) is 10.0 Å². The molecule has 1 aromatic carbocycles. The van der Waals surface area contributed by atoms with Crippen LogP contribution < -0.4 is 0 Å². The van der Waals surface area contributed by atoms with E-state index in [9.17, 15) is 16.8 Å². The predicted molar refractivity (Wildman–Crippen MR) is 87.0 cm³/mol. The minimum atomic E-state index is -3.82. The zero-order valence-corrected chi connectivity index (χ0v) is 14.6. The van der Waals surface area contributed by atoms with E-state index in [4.69, 9.17) is 5.26 Å². The zero-order valence-electron chi connectivity index (χ0n) is 13.0. The van der Waals surface area contributed by atoms with Crippen LogP contribution in [-0.4, -0.2) is 45.2 Å². The van der Waals surface area contributed by atoms with E-state index in [2.05, 4.69) is 0 Å². The molecule has 126 valence electrons.